The van der Waals surface area contributed by atoms with Crippen LogP contribution in [-0.2, 0) is 23.8 Å². The van der Waals surface area contributed by atoms with Crippen molar-refractivity contribution >= 4 is 5.97 Å². The number of allylic oxidation sites excluding steroid dienone is 1. The Kier molecular flexibility index (Phi) is 6.03. The van der Waals surface area contributed by atoms with Crippen LogP contribution < -0.4 is 9.47 Å². The molecule has 0 saturated carbocycles. The number of alkyl halides is 3. The molecular weight excluding hydrogens is 423 g/mol. The van der Waals surface area contributed by atoms with Crippen LogP contribution >= 0.6 is 0 Å². The summed E-state index contributed by atoms with van der Waals surface area (Å²) in [5.41, 5.74) is 1.76. The molecule has 0 fully saturated rings. The number of oxazole rings is 1. The predicted molar refractivity (Wildman–Crippen MR) is 110 cm³/mol. The SMILES string of the molecule is CC=C(Oc1cccc2c1CCCC2)C(=O)Oc1nc(-c2cccc(C(F)(F)F)c2)co1. The molecule has 0 atom stereocenters. The van der Waals surface area contributed by atoms with Crippen molar-refractivity contribution in [2.45, 2.75) is 38.8 Å². The summed E-state index contributed by atoms with van der Waals surface area (Å²) in [5.74, 6) is -0.259. The van der Waals surface area contributed by atoms with Crippen LogP contribution in [0.15, 0.2) is 65.0 Å². The summed E-state index contributed by atoms with van der Waals surface area (Å²) < 4.78 is 54.9. The van der Waals surface area contributed by atoms with Crippen LogP contribution in [0.1, 0.15) is 36.5 Å². The van der Waals surface area contributed by atoms with Gasteiger partial charge in [-0.2, -0.15) is 18.2 Å². The Morgan fingerprint density at radius 3 is 2.66 bits per heavy atom. The minimum Gasteiger partial charge on any atom is -0.450 e. The quantitative estimate of drug-likeness (QED) is 0.270. The van der Waals surface area contributed by atoms with Gasteiger partial charge in [-0.1, -0.05) is 24.3 Å². The number of aromatic nitrogens is 1. The molecular formula is C24H20F3NO4. The lowest BCUT2D eigenvalue weighted by Gasteiger charge is -2.19. The summed E-state index contributed by atoms with van der Waals surface area (Å²) in [4.78, 5) is 16.6. The van der Waals surface area contributed by atoms with Crippen molar-refractivity contribution in [2.75, 3.05) is 0 Å². The van der Waals surface area contributed by atoms with E-state index in [1.807, 2.05) is 6.07 Å². The van der Waals surface area contributed by atoms with E-state index >= 15 is 0 Å². The first-order chi connectivity index (χ1) is 15.3. The van der Waals surface area contributed by atoms with Gasteiger partial charge in [0, 0.05) is 5.56 Å². The number of aryl methyl sites for hydroxylation is 1. The number of ether oxygens (including phenoxy) is 2. The van der Waals surface area contributed by atoms with E-state index in [2.05, 4.69) is 11.1 Å². The zero-order valence-corrected chi connectivity index (χ0v) is 17.2. The van der Waals surface area contributed by atoms with Crippen LogP contribution in [0.3, 0.4) is 0 Å². The highest BCUT2D eigenvalue weighted by atomic mass is 19.4. The summed E-state index contributed by atoms with van der Waals surface area (Å²) in [6.45, 7) is 1.63. The molecule has 5 nitrogen and oxygen atoms in total. The fourth-order valence-corrected chi connectivity index (χ4v) is 3.60. The van der Waals surface area contributed by atoms with Gasteiger partial charge in [0.25, 0.3) is 0 Å². The molecule has 1 heterocycles. The van der Waals surface area contributed by atoms with Crippen LogP contribution in [0.5, 0.6) is 11.8 Å². The molecule has 1 aliphatic carbocycles. The first-order valence-electron chi connectivity index (χ1n) is 10.2. The van der Waals surface area contributed by atoms with Gasteiger partial charge in [0.2, 0.25) is 5.76 Å². The number of hydrogen-bond acceptors (Lipinski definition) is 5. The largest absolute Gasteiger partial charge is 0.450 e. The van der Waals surface area contributed by atoms with Crippen molar-refractivity contribution in [2.24, 2.45) is 0 Å². The van der Waals surface area contributed by atoms with E-state index in [1.54, 1.807) is 13.0 Å². The third kappa shape index (κ3) is 4.69. The first kappa shape index (κ1) is 21.7. The lowest BCUT2D eigenvalue weighted by molar-refractivity contribution is -0.137. The Morgan fingerprint density at radius 2 is 1.88 bits per heavy atom. The number of fused-ring (bicyclic) bond motifs is 1. The maximum atomic E-state index is 12.9. The molecule has 0 N–H and O–H groups in total. The number of rotatable bonds is 5. The summed E-state index contributed by atoms with van der Waals surface area (Å²) in [6.07, 6.45) is 1.74. The maximum absolute atomic E-state index is 12.9. The van der Waals surface area contributed by atoms with E-state index in [1.165, 1.54) is 23.8 Å². The fraction of sp³-hybridized carbons (Fsp3) is 0.250. The van der Waals surface area contributed by atoms with Gasteiger partial charge >= 0.3 is 18.2 Å². The molecule has 0 amide bonds. The first-order valence-corrected chi connectivity index (χ1v) is 10.2. The molecule has 4 rings (SSSR count). The molecule has 0 saturated heterocycles. The molecule has 32 heavy (non-hydrogen) atoms. The number of benzene rings is 2. The lowest BCUT2D eigenvalue weighted by Crippen LogP contribution is -2.17. The molecule has 0 radical (unpaired) electrons. The molecule has 8 heteroatoms. The van der Waals surface area contributed by atoms with Gasteiger partial charge in [-0.15, -0.1) is 0 Å². The Bertz CT molecular complexity index is 1160. The van der Waals surface area contributed by atoms with Crippen molar-refractivity contribution in [1.82, 2.24) is 4.98 Å². The zero-order valence-electron chi connectivity index (χ0n) is 17.2. The van der Waals surface area contributed by atoms with Gasteiger partial charge in [0.1, 0.15) is 17.7 Å². The molecule has 166 valence electrons. The normalized spacial score (nSPS) is 14.1. The van der Waals surface area contributed by atoms with Crippen molar-refractivity contribution < 1.29 is 31.9 Å². The average Bonchev–Trinajstić information content (AvgIpc) is 3.25. The Labute approximate surface area is 182 Å². The summed E-state index contributed by atoms with van der Waals surface area (Å²) in [5, 5.41) is 0. The van der Waals surface area contributed by atoms with E-state index in [0.717, 1.165) is 49.6 Å². The second kappa shape index (κ2) is 8.90. The third-order valence-electron chi connectivity index (χ3n) is 5.19. The van der Waals surface area contributed by atoms with Crippen LogP contribution in [-0.4, -0.2) is 11.0 Å². The fourth-order valence-electron chi connectivity index (χ4n) is 3.60. The molecule has 0 aliphatic heterocycles. The Hall–Kier alpha value is -3.55. The van der Waals surface area contributed by atoms with Gasteiger partial charge in [0.05, 0.1) is 5.56 Å². The van der Waals surface area contributed by atoms with E-state index in [-0.39, 0.29) is 23.1 Å². The van der Waals surface area contributed by atoms with Gasteiger partial charge in [-0.25, -0.2) is 4.79 Å². The lowest BCUT2D eigenvalue weighted by atomic mass is 9.91. The molecule has 0 spiro atoms. The molecule has 3 aromatic rings. The number of carbonyl (C=O) groups excluding carboxylic acids is 1. The Morgan fingerprint density at radius 1 is 1.09 bits per heavy atom. The summed E-state index contributed by atoms with van der Waals surface area (Å²) in [6, 6.07) is 10.4. The minimum absolute atomic E-state index is 0.0391. The van der Waals surface area contributed by atoms with Gasteiger partial charge in [-0.3, -0.25) is 0 Å². The summed E-state index contributed by atoms with van der Waals surface area (Å²) in [7, 11) is 0. The predicted octanol–water partition coefficient (Wildman–Crippen LogP) is 6.13. The molecule has 2 aromatic carbocycles. The van der Waals surface area contributed by atoms with Crippen LogP contribution in [0.4, 0.5) is 13.2 Å². The van der Waals surface area contributed by atoms with E-state index in [4.69, 9.17) is 13.9 Å². The molecule has 1 aromatic heterocycles. The van der Waals surface area contributed by atoms with Crippen molar-refractivity contribution in [1.29, 1.82) is 0 Å². The van der Waals surface area contributed by atoms with Crippen LogP contribution in [0, 0.1) is 0 Å². The standard InChI is InChI=1S/C24H20F3NO4/c1-2-20(31-21-12-6-8-15-7-3-4-11-18(15)21)22(29)32-23-28-19(14-30-23)16-9-5-10-17(13-16)24(25,26)27/h2,5-6,8-10,12-14H,3-4,7,11H2,1H3. The molecule has 0 bridgehead atoms. The average molecular weight is 443 g/mol. The zero-order chi connectivity index (χ0) is 22.7. The van der Waals surface area contributed by atoms with Gasteiger partial charge in [0.15, 0.2) is 0 Å². The second-order valence-electron chi connectivity index (χ2n) is 7.32. The van der Waals surface area contributed by atoms with Crippen molar-refractivity contribution in [3.63, 3.8) is 0 Å². The number of nitrogens with zero attached hydrogens (tertiary/aromatic N) is 1. The van der Waals surface area contributed by atoms with Crippen molar-refractivity contribution in [3.8, 4) is 23.1 Å². The topological polar surface area (TPSA) is 61.6 Å². The highest BCUT2D eigenvalue weighted by molar-refractivity contribution is 5.88. The number of esters is 1. The smallest absolute Gasteiger partial charge is 0.416 e. The second-order valence-corrected chi connectivity index (χ2v) is 7.32. The van der Waals surface area contributed by atoms with Gasteiger partial charge in [-0.05, 0) is 68.0 Å². The number of carbonyl (C=O) groups is 1. The van der Waals surface area contributed by atoms with E-state index < -0.39 is 17.7 Å². The van der Waals surface area contributed by atoms with Crippen LogP contribution in [0.25, 0.3) is 11.3 Å². The van der Waals surface area contributed by atoms with E-state index in [0.29, 0.717) is 5.75 Å². The van der Waals surface area contributed by atoms with E-state index in [9.17, 15) is 18.0 Å². The Balaban J connectivity index is 1.48. The number of halogens is 3. The monoisotopic (exact) mass is 443 g/mol. The molecule has 1 aliphatic rings. The highest BCUT2D eigenvalue weighted by Gasteiger charge is 2.30. The van der Waals surface area contributed by atoms with Crippen LogP contribution in [0.2, 0.25) is 0 Å². The highest BCUT2D eigenvalue weighted by Crippen LogP contribution is 2.33. The summed E-state index contributed by atoms with van der Waals surface area (Å²) >= 11 is 0. The maximum Gasteiger partial charge on any atom is 0.416 e. The van der Waals surface area contributed by atoms with Gasteiger partial charge < -0.3 is 13.9 Å². The van der Waals surface area contributed by atoms with Crippen molar-refractivity contribution in [3.05, 3.63) is 77.3 Å². The third-order valence-corrected chi connectivity index (χ3v) is 5.19. The number of hydrogen-bond donors (Lipinski definition) is 0. The minimum atomic E-state index is -4.48. The molecule has 0 unspecified atom stereocenters.